The van der Waals surface area contributed by atoms with Gasteiger partial charge in [-0.15, -0.1) is 11.3 Å². The molecule has 24 heavy (non-hydrogen) atoms. The number of nitrogens with one attached hydrogen (secondary N) is 1. The molecule has 0 saturated carbocycles. The number of benzene rings is 1. The van der Waals surface area contributed by atoms with E-state index in [1.54, 1.807) is 6.07 Å². The zero-order valence-corrected chi connectivity index (χ0v) is 15.6. The number of halogens is 1. The number of carbonyl (C=O) groups excluding carboxylic acids is 2. The van der Waals surface area contributed by atoms with Gasteiger partial charge in [-0.3, -0.25) is 9.59 Å². The van der Waals surface area contributed by atoms with Gasteiger partial charge in [0.2, 0.25) is 5.91 Å². The molecule has 4 nitrogen and oxygen atoms in total. The minimum Gasteiger partial charge on any atom is -0.351 e. The highest BCUT2D eigenvalue weighted by atomic mass is 79.9. The van der Waals surface area contributed by atoms with Crippen molar-refractivity contribution in [1.82, 2.24) is 10.2 Å². The van der Waals surface area contributed by atoms with Crippen LogP contribution in [-0.2, 0) is 4.79 Å². The summed E-state index contributed by atoms with van der Waals surface area (Å²) in [6.45, 7) is 1.16. The van der Waals surface area contributed by atoms with Crippen LogP contribution in [0.1, 0.15) is 40.5 Å². The first-order valence-corrected chi connectivity index (χ1v) is 9.69. The summed E-state index contributed by atoms with van der Waals surface area (Å²) < 4.78 is 1.03. The summed E-state index contributed by atoms with van der Waals surface area (Å²) in [6, 6.07) is 11.9. The lowest BCUT2D eigenvalue weighted by Gasteiger charge is -2.25. The summed E-state index contributed by atoms with van der Waals surface area (Å²) in [7, 11) is 0. The van der Waals surface area contributed by atoms with Gasteiger partial charge in [-0.25, -0.2) is 0 Å². The van der Waals surface area contributed by atoms with Crippen LogP contribution in [0.15, 0.2) is 46.3 Å². The van der Waals surface area contributed by atoms with E-state index in [4.69, 9.17) is 0 Å². The predicted octanol–water partition coefficient (Wildman–Crippen LogP) is 3.99. The summed E-state index contributed by atoms with van der Waals surface area (Å²) in [5, 5.41) is 4.69. The molecule has 0 radical (unpaired) electrons. The van der Waals surface area contributed by atoms with Crippen molar-refractivity contribution in [2.24, 2.45) is 0 Å². The molecule has 0 aliphatic carbocycles. The number of hydrogen-bond donors (Lipinski definition) is 1. The molecular weight excluding hydrogens is 388 g/mol. The Morgan fingerprint density at radius 2 is 2.17 bits per heavy atom. The number of amides is 2. The van der Waals surface area contributed by atoms with Crippen molar-refractivity contribution >= 4 is 39.1 Å². The van der Waals surface area contributed by atoms with Crippen LogP contribution in [0.2, 0.25) is 0 Å². The van der Waals surface area contributed by atoms with Crippen molar-refractivity contribution in [1.29, 1.82) is 0 Å². The van der Waals surface area contributed by atoms with Crippen molar-refractivity contribution in [3.8, 4) is 0 Å². The first-order valence-electron chi connectivity index (χ1n) is 8.02. The average Bonchev–Trinajstić information content (AvgIpc) is 3.26. The molecule has 1 aliphatic rings. The van der Waals surface area contributed by atoms with Crippen LogP contribution in [-0.4, -0.2) is 29.8 Å². The number of rotatable bonds is 5. The van der Waals surface area contributed by atoms with E-state index in [2.05, 4.69) is 33.4 Å². The van der Waals surface area contributed by atoms with E-state index in [-0.39, 0.29) is 17.9 Å². The van der Waals surface area contributed by atoms with Gasteiger partial charge in [0.05, 0.1) is 10.9 Å². The maximum atomic E-state index is 12.5. The molecule has 126 valence electrons. The van der Waals surface area contributed by atoms with E-state index in [0.717, 1.165) is 29.4 Å². The Bertz CT molecular complexity index is 718. The fraction of sp³-hybridized carbons (Fsp3) is 0.333. The topological polar surface area (TPSA) is 49.4 Å². The highest BCUT2D eigenvalue weighted by Crippen LogP contribution is 2.33. The Morgan fingerprint density at radius 3 is 2.92 bits per heavy atom. The van der Waals surface area contributed by atoms with Gasteiger partial charge in [-0.05, 0) is 42.0 Å². The van der Waals surface area contributed by atoms with Gasteiger partial charge in [-0.2, -0.15) is 0 Å². The lowest BCUT2D eigenvalue weighted by Crippen LogP contribution is -2.34. The van der Waals surface area contributed by atoms with Crippen molar-refractivity contribution in [2.45, 2.75) is 25.3 Å². The van der Waals surface area contributed by atoms with Crippen molar-refractivity contribution in [2.75, 3.05) is 13.1 Å². The monoisotopic (exact) mass is 406 g/mol. The molecule has 0 spiro atoms. The lowest BCUT2D eigenvalue weighted by molar-refractivity contribution is -0.132. The Hall–Kier alpha value is -1.66. The van der Waals surface area contributed by atoms with Crippen molar-refractivity contribution < 1.29 is 9.59 Å². The molecule has 3 rings (SSSR count). The van der Waals surface area contributed by atoms with Crippen LogP contribution in [0.5, 0.6) is 0 Å². The maximum Gasteiger partial charge on any atom is 0.261 e. The molecule has 1 aliphatic heterocycles. The number of carbonyl (C=O) groups is 2. The third kappa shape index (κ3) is 4.05. The second kappa shape index (κ2) is 7.94. The van der Waals surface area contributed by atoms with Gasteiger partial charge in [0, 0.05) is 24.0 Å². The molecule has 1 saturated heterocycles. The molecule has 1 unspecified atom stereocenters. The van der Waals surface area contributed by atoms with Gasteiger partial charge in [0.15, 0.2) is 0 Å². The quantitative estimate of drug-likeness (QED) is 0.815. The molecule has 1 N–H and O–H groups in total. The van der Waals surface area contributed by atoms with E-state index >= 15 is 0 Å². The molecule has 2 heterocycles. The molecule has 1 fully saturated rings. The van der Waals surface area contributed by atoms with Gasteiger partial charge >= 0.3 is 0 Å². The van der Waals surface area contributed by atoms with E-state index in [1.165, 1.54) is 11.3 Å². The largest absolute Gasteiger partial charge is 0.351 e. The van der Waals surface area contributed by atoms with Crippen LogP contribution >= 0.6 is 27.3 Å². The van der Waals surface area contributed by atoms with Crippen LogP contribution < -0.4 is 5.32 Å². The maximum absolute atomic E-state index is 12.5. The molecule has 2 amide bonds. The zero-order valence-electron chi connectivity index (χ0n) is 13.2. The summed E-state index contributed by atoms with van der Waals surface area (Å²) >= 11 is 4.90. The van der Waals surface area contributed by atoms with Gasteiger partial charge in [0.25, 0.3) is 5.91 Å². The Labute approximate surface area is 154 Å². The van der Waals surface area contributed by atoms with E-state index in [0.29, 0.717) is 17.8 Å². The molecule has 0 bridgehead atoms. The lowest BCUT2D eigenvalue weighted by atomic mass is 10.0. The third-order valence-electron chi connectivity index (χ3n) is 4.18. The van der Waals surface area contributed by atoms with Crippen molar-refractivity contribution in [3.63, 3.8) is 0 Å². The van der Waals surface area contributed by atoms with E-state index in [1.807, 2.05) is 28.5 Å². The first kappa shape index (κ1) is 17.2. The fourth-order valence-corrected chi connectivity index (χ4v) is 4.10. The predicted molar refractivity (Wildman–Crippen MR) is 99.1 cm³/mol. The zero-order chi connectivity index (χ0) is 16.9. The van der Waals surface area contributed by atoms with Gasteiger partial charge < -0.3 is 10.2 Å². The summed E-state index contributed by atoms with van der Waals surface area (Å²) in [5.41, 5.74) is 1.16. The van der Waals surface area contributed by atoms with Crippen LogP contribution in [0.3, 0.4) is 0 Å². The van der Waals surface area contributed by atoms with E-state index in [9.17, 15) is 9.59 Å². The molecule has 2 aromatic rings. The van der Waals surface area contributed by atoms with Gasteiger partial charge in [0.1, 0.15) is 0 Å². The number of thiophene rings is 1. The Morgan fingerprint density at radius 1 is 1.29 bits per heavy atom. The summed E-state index contributed by atoms with van der Waals surface area (Å²) in [6.07, 6.45) is 2.34. The van der Waals surface area contributed by atoms with Crippen LogP contribution in [0.4, 0.5) is 0 Å². The average molecular weight is 407 g/mol. The first-order chi connectivity index (χ1) is 11.6. The minimum atomic E-state index is -0.109. The van der Waals surface area contributed by atoms with Crippen molar-refractivity contribution in [3.05, 3.63) is 56.7 Å². The second-order valence-electron chi connectivity index (χ2n) is 5.78. The highest BCUT2D eigenvalue weighted by molar-refractivity contribution is 9.10. The summed E-state index contributed by atoms with van der Waals surface area (Å²) in [5.74, 6) is -0.00767. The second-order valence-corrected chi connectivity index (χ2v) is 7.65. The SMILES string of the molecule is O=C(NCCC(=O)N1CCCC1c1cccc(Br)c1)c1cccs1. The van der Waals surface area contributed by atoms with E-state index < -0.39 is 0 Å². The fourth-order valence-electron chi connectivity index (χ4n) is 3.05. The van der Waals surface area contributed by atoms with Crippen LogP contribution in [0, 0.1) is 0 Å². The molecule has 1 atom stereocenters. The van der Waals surface area contributed by atoms with Crippen LogP contribution in [0.25, 0.3) is 0 Å². The number of nitrogens with zero attached hydrogens (tertiary/aromatic N) is 1. The standard InChI is InChI=1S/C18H19BrN2O2S/c19-14-5-1-4-13(12-14)15-6-2-10-21(15)17(22)8-9-20-18(23)16-7-3-11-24-16/h1,3-5,7,11-12,15H,2,6,8-10H2,(H,20,23). The molecule has 1 aromatic heterocycles. The Kier molecular flexibility index (Phi) is 5.68. The minimum absolute atomic E-state index is 0.101. The third-order valence-corrected chi connectivity index (χ3v) is 5.54. The molecule has 6 heteroatoms. The Balaban J connectivity index is 1.55. The number of likely N-dealkylation sites (tertiary alicyclic amines) is 1. The molecular formula is C18H19BrN2O2S. The molecule has 1 aromatic carbocycles. The normalized spacial score (nSPS) is 17.0. The van der Waals surface area contributed by atoms with Gasteiger partial charge in [-0.1, -0.05) is 34.1 Å². The number of hydrogen-bond acceptors (Lipinski definition) is 3. The summed E-state index contributed by atoms with van der Waals surface area (Å²) in [4.78, 5) is 27.1. The highest BCUT2D eigenvalue weighted by Gasteiger charge is 2.29. The smallest absolute Gasteiger partial charge is 0.261 e.